The molecule has 0 aliphatic carbocycles. The van der Waals surface area contributed by atoms with Gasteiger partial charge in [0.05, 0.1) is 18.3 Å². The lowest BCUT2D eigenvalue weighted by Crippen LogP contribution is -2.39. The van der Waals surface area contributed by atoms with Crippen LogP contribution in [0.5, 0.6) is 0 Å². The minimum Gasteiger partial charge on any atom is -0.380 e. The Morgan fingerprint density at radius 1 is 1.13 bits per heavy atom. The molecule has 154 valence electrons. The molecule has 1 aliphatic rings. The van der Waals surface area contributed by atoms with E-state index in [1.54, 1.807) is 19.5 Å². The molecule has 1 unspecified atom stereocenters. The van der Waals surface area contributed by atoms with Crippen molar-refractivity contribution in [3.8, 4) is 11.1 Å². The first-order valence-electron chi connectivity index (χ1n) is 10.3. The lowest BCUT2D eigenvalue weighted by atomic mass is 9.93. The van der Waals surface area contributed by atoms with Gasteiger partial charge in [-0.15, -0.1) is 0 Å². The number of methoxy groups -OCH3 is 1. The van der Waals surface area contributed by atoms with Gasteiger partial charge in [-0.05, 0) is 61.6 Å². The van der Waals surface area contributed by atoms with Crippen LogP contribution in [-0.4, -0.2) is 39.4 Å². The zero-order chi connectivity index (χ0) is 20.9. The van der Waals surface area contributed by atoms with Gasteiger partial charge >= 0.3 is 0 Å². The summed E-state index contributed by atoms with van der Waals surface area (Å²) in [7, 11) is 1.67. The summed E-state index contributed by atoms with van der Waals surface area (Å²) >= 11 is 0. The fourth-order valence-corrected chi connectivity index (χ4v) is 4.03. The van der Waals surface area contributed by atoms with Crippen LogP contribution in [-0.2, 0) is 11.3 Å². The van der Waals surface area contributed by atoms with E-state index in [-0.39, 0.29) is 11.9 Å². The molecule has 30 heavy (non-hydrogen) atoms. The van der Waals surface area contributed by atoms with Crippen LogP contribution in [0.1, 0.15) is 52.7 Å². The van der Waals surface area contributed by atoms with Crippen LogP contribution in [0.3, 0.4) is 0 Å². The van der Waals surface area contributed by atoms with E-state index in [0.717, 1.165) is 48.2 Å². The maximum Gasteiger partial charge on any atom is 0.254 e. The minimum atomic E-state index is -0.0743. The Labute approximate surface area is 177 Å². The Bertz CT molecular complexity index is 1010. The van der Waals surface area contributed by atoms with Gasteiger partial charge < -0.3 is 9.64 Å². The number of pyridine rings is 1. The van der Waals surface area contributed by atoms with Gasteiger partial charge in [-0.3, -0.25) is 9.78 Å². The van der Waals surface area contributed by atoms with E-state index in [4.69, 9.17) is 9.72 Å². The van der Waals surface area contributed by atoms with E-state index in [1.165, 1.54) is 0 Å². The maximum atomic E-state index is 13.4. The molecule has 1 aromatic carbocycles. The number of ether oxygens (including phenoxy) is 1. The standard InChI is InChI=1S/C24H26N4O2/c1-17-26-15-21(19-10-12-25-13-11-19)23(27-17)22-5-3-4-14-28(22)24(29)20-8-6-18(7-9-20)16-30-2/h6-13,15,22H,3-5,14,16H2,1-2H3. The molecular weight excluding hydrogens is 376 g/mol. The van der Waals surface area contributed by atoms with Gasteiger partial charge in [0.1, 0.15) is 5.82 Å². The van der Waals surface area contributed by atoms with Gasteiger partial charge in [-0.2, -0.15) is 0 Å². The minimum absolute atomic E-state index is 0.0422. The number of carbonyl (C=O) groups excluding carboxylic acids is 1. The van der Waals surface area contributed by atoms with Gasteiger partial charge in [-0.25, -0.2) is 9.97 Å². The van der Waals surface area contributed by atoms with Crippen molar-refractivity contribution in [3.63, 3.8) is 0 Å². The highest BCUT2D eigenvalue weighted by atomic mass is 16.5. The number of rotatable bonds is 5. The molecule has 0 bridgehead atoms. The maximum absolute atomic E-state index is 13.4. The molecule has 3 heterocycles. The Kier molecular flexibility index (Phi) is 6.14. The Hall–Kier alpha value is -3.12. The van der Waals surface area contributed by atoms with Crippen molar-refractivity contribution >= 4 is 5.91 Å². The van der Waals surface area contributed by atoms with E-state index in [2.05, 4.69) is 9.97 Å². The predicted octanol–water partition coefficient (Wildman–Crippen LogP) is 4.36. The molecular formula is C24H26N4O2. The van der Waals surface area contributed by atoms with Gasteiger partial charge in [0, 0.05) is 43.4 Å². The summed E-state index contributed by atoms with van der Waals surface area (Å²) in [5.74, 6) is 0.755. The van der Waals surface area contributed by atoms with Gasteiger partial charge in [0.2, 0.25) is 0 Å². The molecule has 1 amide bonds. The number of likely N-dealkylation sites (tertiary alicyclic amines) is 1. The summed E-state index contributed by atoms with van der Waals surface area (Å²) in [4.78, 5) is 28.7. The van der Waals surface area contributed by atoms with E-state index in [9.17, 15) is 4.79 Å². The van der Waals surface area contributed by atoms with Crippen molar-refractivity contribution < 1.29 is 9.53 Å². The quantitative estimate of drug-likeness (QED) is 0.634. The molecule has 1 aliphatic heterocycles. The molecule has 6 nitrogen and oxygen atoms in total. The number of hydrogen-bond donors (Lipinski definition) is 0. The molecule has 6 heteroatoms. The number of amides is 1. The highest BCUT2D eigenvalue weighted by molar-refractivity contribution is 5.94. The van der Waals surface area contributed by atoms with Crippen LogP contribution in [0.25, 0.3) is 11.1 Å². The molecule has 0 N–H and O–H groups in total. The highest BCUT2D eigenvalue weighted by Gasteiger charge is 2.31. The largest absolute Gasteiger partial charge is 0.380 e. The summed E-state index contributed by atoms with van der Waals surface area (Å²) < 4.78 is 5.17. The van der Waals surface area contributed by atoms with Crippen LogP contribution in [0.4, 0.5) is 0 Å². The molecule has 4 rings (SSSR count). The van der Waals surface area contributed by atoms with E-state index < -0.39 is 0 Å². The van der Waals surface area contributed by atoms with Crippen LogP contribution >= 0.6 is 0 Å². The number of carbonyl (C=O) groups is 1. The number of nitrogens with zero attached hydrogens (tertiary/aromatic N) is 4. The first kappa shape index (κ1) is 20.2. The second kappa shape index (κ2) is 9.13. The Morgan fingerprint density at radius 2 is 1.90 bits per heavy atom. The number of benzene rings is 1. The topological polar surface area (TPSA) is 68.2 Å². The monoisotopic (exact) mass is 402 g/mol. The van der Waals surface area contributed by atoms with Crippen LogP contribution in [0.15, 0.2) is 55.0 Å². The Balaban J connectivity index is 1.69. The number of piperidine rings is 1. The molecule has 0 spiro atoms. The van der Waals surface area contributed by atoms with Crippen LogP contribution in [0.2, 0.25) is 0 Å². The first-order valence-corrected chi connectivity index (χ1v) is 10.3. The summed E-state index contributed by atoms with van der Waals surface area (Å²) in [6.07, 6.45) is 8.36. The van der Waals surface area contributed by atoms with E-state index >= 15 is 0 Å². The van der Waals surface area contributed by atoms with Crippen molar-refractivity contribution in [1.29, 1.82) is 0 Å². The second-order valence-electron chi connectivity index (χ2n) is 7.59. The smallest absolute Gasteiger partial charge is 0.254 e. The third-order valence-corrected chi connectivity index (χ3v) is 5.52. The molecule has 1 fully saturated rings. The van der Waals surface area contributed by atoms with Crippen molar-refractivity contribution in [1.82, 2.24) is 19.9 Å². The van der Waals surface area contributed by atoms with Crippen LogP contribution in [0, 0.1) is 6.92 Å². The molecule has 1 atom stereocenters. The second-order valence-corrected chi connectivity index (χ2v) is 7.59. The molecule has 3 aromatic rings. The fourth-order valence-electron chi connectivity index (χ4n) is 4.03. The van der Waals surface area contributed by atoms with Crippen LogP contribution < -0.4 is 0 Å². The van der Waals surface area contributed by atoms with E-state index in [0.29, 0.717) is 18.0 Å². The zero-order valence-corrected chi connectivity index (χ0v) is 17.4. The third kappa shape index (κ3) is 4.24. The third-order valence-electron chi connectivity index (χ3n) is 5.52. The number of aryl methyl sites for hydroxylation is 1. The van der Waals surface area contributed by atoms with E-state index in [1.807, 2.05) is 54.4 Å². The summed E-state index contributed by atoms with van der Waals surface area (Å²) in [5.41, 5.74) is 4.64. The number of aromatic nitrogens is 3. The molecule has 2 aromatic heterocycles. The average molecular weight is 402 g/mol. The van der Waals surface area contributed by atoms with Crippen molar-refractivity contribution in [2.45, 2.75) is 38.8 Å². The predicted molar refractivity (Wildman–Crippen MR) is 115 cm³/mol. The lowest BCUT2D eigenvalue weighted by Gasteiger charge is -2.36. The fraction of sp³-hybridized carbons (Fsp3) is 0.333. The van der Waals surface area contributed by atoms with Crippen molar-refractivity contribution in [2.75, 3.05) is 13.7 Å². The van der Waals surface area contributed by atoms with Crippen molar-refractivity contribution in [3.05, 3.63) is 77.6 Å². The Morgan fingerprint density at radius 3 is 2.63 bits per heavy atom. The SMILES string of the molecule is COCc1ccc(C(=O)N2CCCCC2c2nc(C)ncc2-c2ccncc2)cc1. The molecule has 0 saturated carbocycles. The highest BCUT2D eigenvalue weighted by Crippen LogP contribution is 2.36. The first-order chi connectivity index (χ1) is 14.7. The van der Waals surface area contributed by atoms with Gasteiger partial charge in [-0.1, -0.05) is 12.1 Å². The lowest BCUT2D eigenvalue weighted by molar-refractivity contribution is 0.0606. The summed E-state index contributed by atoms with van der Waals surface area (Å²) in [6.45, 7) is 3.15. The normalized spacial score (nSPS) is 16.5. The van der Waals surface area contributed by atoms with Gasteiger partial charge in [0.15, 0.2) is 0 Å². The summed E-state index contributed by atoms with van der Waals surface area (Å²) in [5, 5.41) is 0. The molecule has 0 radical (unpaired) electrons. The van der Waals surface area contributed by atoms with Crippen molar-refractivity contribution in [2.24, 2.45) is 0 Å². The summed E-state index contributed by atoms with van der Waals surface area (Å²) in [6, 6.07) is 11.5. The molecule has 1 saturated heterocycles. The average Bonchev–Trinajstić information content (AvgIpc) is 2.80. The van der Waals surface area contributed by atoms with Gasteiger partial charge in [0.25, 0.3) is 5.91 Å². The number of hydrogen-bond acceptors (Lipinski definition) is 5. The zero-order valence-electron chi connectivity index (χ0n) is 17.4.